The van der Waals surface area contributed by atoms with Crippen molar-refractivity contribution < 1.29 is 23.8 Å². The number of rotatable bonds is 10. The molecule has 3 rings (SSSR count). The summed E-state index contributed by atoms with van der Waals surface area (Å²) in [6, 6.07) is 18.2. The lowest BCUT2D eigenvalue weighted by atomic mass is 9.87. The number of likely N-dealkylation sites (tertiary alicyclic amines) is 1. The van der Waals surface area contributed by atoms with E-state index in [9.17, 15) is 9.59 Å². The van der Waals surface area contributed by atoms with E-state index in [2.05, 4.69) is 12.1 Å². The van der Waals surface area contributed by atoms with Gasteiger partial charge in [-0.2, -0.15) is 11.8 Å². The highest BCUT2D eigenvalue weighted by atomic mass is 32.2. The van der Waals surface area contributed by atoms with Gasteiger partial charge in [0, 0.05) is 24.1 Å². The molecule has 2 aromatic carbocycles. The van der Waals surface area contributed by atoms with E-state index in [0.717, 1.165) is 42.7 Å². The maximum atomic E-state index is 13.7. The third kappa shape index (κ3) is 10.4. The van der Waals surface area contributed by atoms with Crippen molar-refractivity contribution in [2.24, 2.45) is 5.92 Å². The zero-order valence-corrected chi connectivity index (χ0v) is 26.1. The van der Waals surface area contributed by atoms with Gasteiger partial charge in [-0.1, -0.05) is 42.5 Å². The summed E-state index contributed by atoms with van der Waals surface area (Å²) in [6.07, 6.45) is 3.54. The molecule has 1 aliphatic rings. The number of hydrogen-bond acceptors (Lipinski definition) is 6. The lowest BCUT2D eigenvalue weighted by Crippen LogP contribution is -2.41. The lowest BCUT2D eigenvalue weighted by molar-refractivity contribution is -0.156. The molecule has 220 valence electrons. The van der Waals surface area contributed by atoms with Crippen LogP contribution in [0.25, 0.3) is 0 Å². The minimum Gasteiger partial charge on any atom is -0.497 e. The minimum absolute atomic E-state index is 0.0447. The van der Waals surface area contributed by atoms with Gasteiger partial charge in [0.15, 0.2) is 0 Å². The van der Waals surface area contributed by atoms with Crippen molar-refractivity contribution in [2.45, 2.75) is 95.3 Å². The topological polar surface area (TPSA) is 65.1 Å². The summed E-state index contributed by atoms with van der Waals surface area (Å²) in [6.45, 7) is 12.9. The van der Waals surface area contributed by atoms with E-state index in [4.69, 9.17) is 14.2 Å². The Morgan fingerprint density at radius 2 is 1.50 bits per heavy atom. The number of esters is 1. The Bertz CT molecular complexity index is 1070. The van der Waals surface area contributed by atoms with Crippen molar-refractivity contribution in [3.63, 3.8) is 0 Å². The number of thioether (sulfide) groups is 1. The van der Waals surface area contributed by atoms with E-state index in [0.29, 0.717) is 19.0 Å². The molecule has 0 aliphatic carbocycles. The van der Waals surface area contributed by atoms with E-state index < -0.39 is 11.2 Å². The van der Waals surface area contributed by atoms with E-state index in [1.54, 1.807) is 7.11 Å². The Kier molecular flexibility index (Phi) is 11.4. The van der Waals surface area contributed by atoms with Gasteiger partial charge in [-0.3, -0.25) is 4.79 Å². The molecular formula is C33H47NO5S. The molecule has 40 heavy (non-hydrogen) atoms. The highest BCUT2D eigenvalue weighted by molar-refractivity contribution is 7.99. The van der Waals surface area contributed by atoms with Crippen molar-refractivity contribution in [3.05, 3.63) is 65.7 Å². The number of ether oxygens (including phenoxy) is 3. The highest BCUT2D eigenvalue weighted by Crippen LogP contribution is 2.38. The maximum Gasteiger partial charge on any atom is 0.410 e. The second-order valence-electron chi connectivity index (χ2n) is 12.6. The molecule has 1 heterocycles. The number of carbonyl (C=O) groups excluding carboxylic acids is 2. The van der Waals surface area contributed by atoms with Crippen LogP contribution in [0.15, 0.2) is 54.6 Å². The second-order valence-corrected chi connectivity index (χ2v) is 13.8. The SMILES string of the molecule is COc1ccc(CSC(CCC2CCN(C(=O)OC(C)(C)C)CC2)C(C(=O)OC(C)(C)C)c2ccccc2)cc1. The van der Waals surface area contributed by atoms with Gasteiger partial charge in [-0.05, 0) is 96.4 Å². The van der Waals surface area contributed by atoms with Crippen LogP contribution in [0.5, 0.6) is 5.75 Å². The Morgan fingerprint density at radius 1 is 0.900 bits per heavy atom. The van der Waals surface area contributed by atoms with E-state index >= 15 is 0 Å². The molecule has 6 nitrogen and oxygen atoms in total. The van der Waals surface area contributed by atoms with Gasteiger partial charge in [-0.15, -0.1) is 0 Å². The summed E-state index contributed by atoms with van der Waals surface area (Å²) in [5.74, 6) is 1.57. The zero-order valence-electron chi connectivity index (χ0n) is 25.3. The van der Waals surface area contributed by atoms with Crippen LogP contribution in [-0.2, 0) is 20.0 Å². The predicted octanol–water partition coefficient (Wildman–Crippen LogP) is 7.85. The van der Waals surface area contributed by atoms with Crippen LogP contribution in [0, 0.1) is 5.92 Å². The minimum atomic E-state index is -0.566. The first-order chi connectivity index (χ1) is 18.8. The smallest absolute Gasteiger partial charge is 0.410 e. The van der Waals surface area contributed by atoms with Crippen LogP contribution in [0.2, 0.25) is 0 Å². The predicted molar refractivity (Wildman–Crippen MR) is 163 cm³/mol. The maximum absolute atomic E-state index is 13.7. The van der Waals surface area contributed by atoms with E-state index in [1.165, 1.54) is 5.56 Å². The van der Waals surface area contributed by atoms with Crippen LogP contribution in [-0.4, -0.2) is 53.6 Å². The standard InChI is InChI=1S/C33H47NO5S/c1-32(2,3)38-30(35)29(26-11-9-8-10-12-26)28(40-23-25-13-16-27(37-7)17-14-25)18-15-24-19-21-34(22-20-24)31(36)39-33(4,5)6/h8-14,16-17,24,28-29H,15,18-23H2,1-7H3. The van der Waals surface area contributed by atoms with Gasteiger partial charge in [0.05, 0.1) is 13.0 Å². The van der Waals surface area contributed by atoms with Crippen molar-refractivity contribution >= 4 is 23.8 Å². The molecule has 1 fully saturated rings. The molecule has 2 aromatic rings. The van der Waals surface area contributed by atoms with Crippen molar-refractivity contribution in [1.29, 1.82) is 0 Å². The molecule has 0 spiro atoms. The molecule has 7 heteroatoms. The number of piperidine rings is 1. The Morgan fingerprint density at radius 3 is 2.05 bits per heavy atom. The van der Waals surface area contributed by atoms with Gasteiger partial charge in [0.1, 0.15) is 17.0 Å². The van der Waals surface area contributed by atoms with E-state index in [1.807, 2.05) is 101 Å². The average molecular weight is 570 g/mol. The first kappa shape index (κ1) is 31.9. The molecule has 1 amide bonds. The number of amides is 1. The van der Waals surface area contributed by atoms with Crippen LogP contribution in [0.3, 0.4) is 0 Å². The van der Waals surface area contributed by atoms with Gasteiger partial charge >= 0.3 is 12.1 Å². The van der Waals surface area contributed by atoms with Crippen molar-refractivity contribution in [2.75, 3.05) is 20.2 Å². The molecule has 0 N–H and O–H groups in total. The normalized spacial score (nSPS) is 16.2. The van der Waals surface area contributed by atoms with Crippen LogP contribution in [0.4, 0.5) is 4.79 Å². The summed E-state index contributed by atoms with van der Waals surface area (Å²) >= 11 is 1.82. The number of benzene rings is 2. The Labute approximate surface area is 245 Å². The molecule has 0 aromatic heterocycles. The zero-order chi connectivity index (χ0) is 29.3. The quantitative estimate of drug-likeness (QED) is 0.272. The van der Waals surface area contributed by atoms with Gasteiger partial charge in [0.2, 0.25) is 0 Å². The van der Waals surface area contributed by atoms with Crippen molar-refractivity contribution in [3.8, 4) is 5.75 Å². The van der Waals surface area contributed by atoms with Gasteiger partial charge in [0.25, 0.3) is 0 Å². The molecular weight excluding hydrogens is 522 g/mol. The first-order valence-electron chi connectivity index (χ1n) is 14.3. The number of methoxy groups -OCH3 is 1. The molecule has 1 aliphatic heterocycles. The molecule has 0 radical (unpaired) electrons. The van der Waals surface area contributed by atoms with Crippen LogP contribution in [0.1, 0.15) is 84.3 Å². The van der Waals surface area contributed by atoms with Crippen molar-refractivity contribution in [1.82, 2.24) is 4.90 Å². The summed E-state index contributed by atoms with van der Waals surface area (Å²) in [7, 11) is 1.67. The first-order valence-corrected chi connectivity index (χ1v) is 15.4. The average Bonchev–Trinajstić information content (AvgIpc) is 2.89. The fourth-order valence-electron chi connectivity index (χ4n) is 4.93. The summed E-state index contributed by atoms with van der Waals surface area (Å²) in [4.78, 5) is 28.0. The molecule has 0 saturated carbocycles. The van der Waals surface area contributed by atoms with E-state index in [-0.39, 0.29) is 23.2 Å². The van der Waals surface area contributed by atoms with Gasteiger partial charge < -0.3 is 19.1 Å². The summed E-state index contributed by atoms with van der Waals surface area (Å²) < 4.78 is 16.9. The Hall–Kier alpha value is -2.67. The van der Waals surface area contributed by atoms with Crippen LogP contribution >= 0.6 is 11.8 Å². The number of nitrogens with zero attached hydrogens (tertiary/aromatic N) is 1. The fraction of sp³-hybridized carbons (Fsp3) is 0.576. The summed E-state index contributed by atoms with van der Waals surface area (Å²) in [5.41, 5.74) is 1.13. The highest BCUT2D eigenvalue weighted by Gasteiger charge is 2.35. The number of hydrogen-bond donors (Lipinski definition) is 0. The Balaban J connectivity index is 1.74. The monoisotopic (exact) mass is 569 g/mol. The third-order valence-electron chi connectivity index (χ3n) is 6.94. The third-order valence-corrected chi connectivity index (χ3v) is 8.38. The second kappa shape index (κ2) is 14.3. The molecule has 2 unspecified atom stereocenters. The fourth-order valence-corrected chi connectivity index (χ4v) is 6.29. The molecule has 0 bridgehead atoms. The summed E-state index contributed by atoms with van der Waals surface area (Å²) in [5, 5.41) is 0.0447. The molecule has 1 saturated heterocycles. The van der Waals surface area contributed by atoms with Gasteiger partial charge in [-0.25, -0.2) is 4.79 Å². The number of carbonyl (C=O) groups is 2. The molecule has 2 atom stereocenters. The lowest BCUT2D eigenvalue weighted by Gasteiger charge is -2.34. The largest absolute Gasteiger partial charge is 0.497 e. The van der Waals surface area contributed by atoms with Crippen LogP contribution < -0.4 is 4.74 Å².